The zero-order valence-electron chi connectivity index (χ0n) is 11.6. The summed E-state index contributed by atoms with van der Waals surface area (Å²) in [7, 11) is 0. The zero-order valence-corrected chi connectivity index (χ0v) is 11.6. The lowest BCUT2D eigenvalue weighted by atomic mass is 9.62. The number of allylic oxidation sites excluding steroid dienone is 2. The standard InChI is InChI=1S/C16H13N3O3/c20-15-17(8-4-2-1-3-5-8)16(21)19-10-7-6-9(18(15)19)11-12(10)14-13(11)22-14/h1-7,9-14H/t9-,10-,11-,12-,13-,14-/m0/s1. The van der Waals surface area contributed by atoms with Crippen LogP contribution in [-0.4, -0.2) is 26.1 Å². The van der Waals surface area contributed by atoms with E-state index in [-0.39, 0.29) is 23.5 Å². The summed E-state index contributed by atoms with van der Waals surface area (Å²) in [4.78, 5) is 25.7. The molecule has 0 spiro atoms. The molecule has 0 unspecified atom stereocenters. The third kappa shape index (κ3) is 1.04. The molecule has 0 N–H and O–H groups in total. The number of hydrogen-bond donors (Lipinski definition) is 0. The fraction of sp³-hybridized carbons (Fsp3) is 0.375. The number of nitrogens with zero attached hydrogens (tertiary/aromatic N) is 3. The van der Waals surface area contributed by atoms with Gasteiger partial charge in [-0.1, -0.05) is 30.4 Å². The maximum atomic E-state index is 12.9. The fourth-order valence-corrected chi connectivity index (χ4v) is 4.68. The monoisotopic (exact) mass is 295 g/mol. The number of ether oxygens (including phenoxy) is 1. The molecule has 7 rings (SSSR count). The van der Waals surface area contributed by atoms with Crippen molar-refractivity contribution in [1.29, 1.82) is 0 Å². The van der Waals surface area contributed by atoms with Crippen molar-refractivity contribution in [3.05, 3.63) is 63.5 Å². The van der Waals surface area contributed by atoms with Crippen LogP contribution in [0, 0.1) is 11.8 Å². The second-order valence-corrected chi connectivity index (χ2v) is 6.51. The molecule has 6 nitrogen and oxygen atoms in total. The lowest BCUT2D eigenvalue weighted by Gasteiger charge is -2.48. The summed E-state index contributed by atoms with van der Waals surface area (Å²) in [5.74, 6) is 0.701. The molecule has 2 aromatic rings. The first kappa shape index (κ1) is 11.3. The molecule has 110 valence electrons. The largest absolute Gasteiger partial charge is 0.369 e. The van der Waals surface area contributed by atoms with Crippen LogP contribution >= 0.6 is 0 Å². The molecular weight excluding hydrogens is 282 g/mol. The Morgan fingerprint density at radius 2 is 1.36 bits per heavy atom. The van der Waals surface area contributed by atoms with Gasteiger partial charge in [0, 0.05) is 11.8 Å². The van der Waals surface area contributed by atoms with Crippen LogP contribution < -0.4 is 11.4 Å². The first-order valence-electron chi connectivity index (χ1n) is 7.62. The summed E-state index contributed by atoms with van der Waals surface area (Å²) in [5.41, 5.74) is 0.122. The minimum atomic E-state index is -0.252. The first-order chi connectivity index (χ1) is 10.8. The average Bonchev–Trinajstić information content (AvgIpc) is 3.17. The highest BCUT2D eigenvalue weighted by atomic mass is 16.6. The summed E-state index contributed by atoms with van der Waals surface area (Å²) in [6, 6.07) is 9.02. The first-order valence-corrected chi connectivity index (χ1v) is 7.62. The number of epoxide rings is 1. The van der Waals surface area contributed by atoms with E-state index in [9.17, 15) is 9.59 Å². The summed E-state index contributed by atoms with van der Waals surface area (Å²) in [5, 5.41) is 0. The van der Waals surface area contributed by atoms with Crippen molar-refractivity contribution in [1.82, 2.24) is 13.9 Å². The lowest BCUT2D eigenvalue weighted by Crippen LogP contribution is -2.57. The molecule has 1 saturated carbocycles. The fourth-order valence-electron chi connectivity index (χ4n) is 4.68. The molecule has 0 amide bonds. The Bertz CT molecular complexity index is 896. The van der Waals surface area contributed by atoms with Crippen LogP contribution in [0.2, 0.25) is 0 Å². The van der Waals surface area contributed by atoms with E-state index in [4.69, 9.17) is 4.74 Å². The molecule has 5 aliphatic rings. The third-order valence-electron chi connectivity index (χ3n) is 5.64. The van der Waals surface area contributed by atoms with E-state index in [1.165, 1.54) is 4.57 Å². The summed E-state index contributed by atoms with van der Waals surface area (Å²) >= 11 is 0. The van der Waals surface area contributed by atoms with Crippen molar-refractivity contribution in [2.24, 2.45) is 11.8 Å². The van der Waals surface area contributed by atoms with Crippen molar-refractivity contribution in [3.63, 3.8) is 0 Å². The predicted molar refractivity (Wildman–Crippen MR) is 77.1 cm³/mol. The number of para-hydroxylation sites is 1. The van der Waals surface area contributed by atoms with Gasteiger partial charge in [0.15, 0.2) is 0 Å². The Balaban J connectivity index is 1.65. The molecule has 0 radical (unpaired) electrons. The van der Waals surface area contributed by atoms with Crippen LogP contribution in [0.4, 0.5) is 0 Å². The van der Waals surface area contributed by atoms with Crippen LogP contribution in [0.15, 0.2) is 52.1 Å². The number of rotatable bonds is 1. The molecule has 1 saturated heterocycles. The van der Waals surface area contributed by atoms with Crippen LogP contribution in [0.1, 0.15) is 12.1 Å². The zero-order chi connectivity index (χ0) is 14.6. The summed E-state index contributed by atoms with van der Waals surface area (Å²) in [6.45, 7) is 0. The maximum absolute atomic E-state index is 12.9. The molecule has 2 fully saturated rings. The van der Waals surface area contributed by atoms with Gasteiger partial charge < -0.3 is 4.74 Å². The third-order valence-corrected chi connectivity index (χ3v) is 5.64. The van der Waals surface area contributed by atoms with Gasteiger partial charge in [-0.25, -0.2) is 23.5 Å². The van der Waals surface area contributed by atoms with Crippen molar-refractivity contribution in [2.75, 3.05) is 0 Å². The second kappa shape index (κ2) is 3.35. The van der Waals surface area contributed by atoms with Gasteiger partial charge in [0.05, 0.1) is 30.0 Å². The second-order valence-electron chi connectivity index (χ2n) is 6.51. The van der Waals surface area contributed by atoms with E-state index in [2.05, 4.69) is 12.2 Å². The molecule has 4 heterocycles. The Morgan fingerprint density at radius 1 is 0.818 bits per heavy atom. The number of fused-ring (bicyclic) bond motifs is 1. The highest BCUT2D eigenvalue weighted by Gasteiger charge is 2.71. The van der Waals surface area contributed by atoms with E-state index in [0.717, 1.165) is 0 Å². The minimum Gasteiger partial charge on any atom is -0.369 e. The van der Waals surface area contributed by atoms with Crippen molar-refractivity contribution in [3.8, 4) is 5.69 Å². The molecule has 6 heteroatoms. The van der Waals surface area contributed by atoms with E-state index >= 15 is 0 Å². The minimum absolute atomic E-state index is 0.0519. The average molecular weight is 295 g/mol. The molecule has 6 atom stereocenters. The summed E-state index contributed by atoms with van der Waals surface area (Å²) < 4.78 is 10.2. The van der Waals surface area contributed by atoms with Crippen LogP contribution in [0.3, 0.4) is 0 Å². The molecule has 2 aliphatic carbocycles. The van der Waals surface area contributed by atoms with Crippen LogP contribution in [0.5, 0.6) is 0 Å². The van der Waals surface area contributed by atoms with E-state index in [1.54, 1.807) is 21.5 Å². The van der Waals surface area contributed by atoms with Gasteiger partial charge in [0.2, 0.25) is 0 Å². The van der Waals surface area contributed by atoms with Gasteiger partial charge in [-0.3, -0.25) is 0 Å². The molecule has 1 aromatic heterocycles. The van der Waals surface area contributed by atoms with Crippen LogP contribution in [-0.2, 0) is 4.74 Å². The lowest BCUT2D eigenvalue weighted by molar-refractivity contribution is 0.0509. The van der Waals surface area contributed by atoms with Crippen molar-refractivity contribution < 1.29 is 4.74 Å². The molecule has 3 aliphatic heterocycles. The topological polar surface area (TPSA) is 61.5 Å². The summed E-state index contributed by atoms with van der Waals surface area (Å²) in [6.07, 6.45) is 4.72. The Labute approximate surface area is 124 Å². The quantitative estimate of drug-likeness (QED) is 0.568. The maximum Gasteiger partial charge on any atom is 0.352 e. The van der Waals surface area contributed by atoms with Crippen LogP contribution in [0.25, 0.3) is 5.69 Å². The van der Waals surface area contributed by atoms with Gasteiger partial charge in [-0.2, -0.15) is 0 Å². The van der Waals surface area contributed by atoms with E-state index in [1.807, 2.05) is 18.2 Å². The highest BCUT2D eigenvalue weighted by Crippen LogP contribution is 2.63. The molecule has 22 heavy (non-hydrogen) atoms. The predicted octanol–water partition coefficient (Wildman–Crippen LogP) is 0.480. The SMILES string of the molecule is O=c1n(-c2ccccc2)c(=O)n2n1[C@H]1C=C[C@H]2[C@@H]2[C@@H]3O[C@H]3[C@H]21. The number of benzene rings is 1. The highest BCUT2D eigenvalue weighted by molar-refractivity contribution is 5.32. The van der Waals surface area contributed by atoms with E-state index in [0.29, 0.717) is 29.7 Å². The molecular formula is C16H13N3O3. The van der Waals surface area contributed by atoms with Gasteiger partial charge in [0.25, 0.3) is 0 Å². The Morgan fingerprint density at radius 3 is 1.91 bits per heavy atom. The van der Waals surface area contributed by atoms with Gasteiger partial charge in [-0.15, -0.1) is 0 Å². The molecule has 2 bridgehead atoms. The van der Waals surface area contributed by atoms with Crippen molar-refractivity contribution >= 4 is 0 Å². The van der Waals surface area contributed by atoms with Gasteiger partial charge in [0.1, 0.15) is 0 Å². The molecule has 1 aromatic carbocycles. The Kier molecular flexibility index (Phi) is 1.72. The van der Waals surface area contributed by atoms with Gasteiger partial charge >= 0.3 is 11.4 Å². The van der Waals surface area contributed by atoms with Gasteiger partial charge in [-0.05, 0) is 12.1 Å². The van der Waals surface area contributed by atoms with Crippen molar-refractivity contribution in [2.45, 2.75) is 24.3 Å². The smallest absolute Gasteiger partial charge is 0.352 e. The van der Waals surface area contributed by atoms with E-state index < -0.39 is 0 Å². The normalized spacial score (nSPS) is 38.9. The Hall–Kier alpha value is -2.34. The number of aromatic nitrogens is 3. The number of hydrogen-bond acceptors (Lipinski definition) is 3.